The highest BCUT2D eigenvalue weighted by Gasteiger charge is 2.34. The summed E-state index contributed by atoms with van der Waals surface area (Å²) in [5, 5.41) is 3.96. The minimum atomic E-state index is -0.198. The Morgan fingerprint density at radius 3 is 1.61 bits per heavy atom. The molecule has 3 nitrogen and oxygen atoms in total. The summed E-state index contributed by atoms with van der Waals surface area (Å²) in [6.07, 6.45) is 3.64. The van der Waals surface area contributed by atoms with Crippen molar-refractivity contribution in [3.8, 4) is 0 Å². The maximum Gasteiger partial charge on any atom is 0.186 e. The summed E-state index contributed by atoms with van der Waals surface area (Å²) in [6, 6.07) is 0. The first kappa shape index (κ1) is 14.7. The Hall–Kier alpha value is -1.38. The smallest absolute Gasteiger partial charge is 0.186 e. The molecular formula is C15H23NO2. The van der Waals surface area contributed by atoms with Gasteiger partial charge >= 0.3 is 0 Å². The molecule has 0 radical (unpaired) electrons. The van der Waals surface area contributed by atoms with Gasteiger partial charge in [-0.15, -0.1) is 0 Å². The number of allylic oxidation sites excluding steroid dienone is 4. The minimum Gasteiger partial charge on any atom is -0.399 e. The SMILES string of the molecule is CON=C1C=C(C(C)(C)C)C(=O)C(C(C)(C)C)=C1. The van der Waals surface area contributed by atoms with Gasteiger partial charge in [-0.25, -0.2) is 0 Å². The predicted octanol–water partition coefficient (Wildman–Crippen LogP) is 3.52. The molecule has 0 aromatic heterocycles. The Bertz CT molecular complexity index is 404. The monoisotopic (exact) mass is 249 g/mol. The lowest BCUT2D eigenvalue weighted by Gasteiger charge is -2.30. The highest BCUT2D eigenvalue weighted by Crippen LogP contribution is 2.36. The zero-order valence-corrected chi connectivity index (χ0v) is 12.4. The van der Waals surface area contributed by atoms with Crippen LogP contribution in [-0.2, 0) is 9.63 Å². The number of oxime groups is 1. The molecule has 0 unspecified atom stereocenters. The number of rotatable bonds is 1. The highest BCUT2D eigenvalue weighted by atomic mass is 16.6. The fourth-order valence-corrected chi connectivity index (χ4v) is 1.89. The van der Waals surface area contributed by atoms with E-state index < -0.39 is 0 Å². The van der Waals surface area contributed by atoms with Gasteiger partial charge in [0.2, 0.25) is 0 Å². The summed E-state index contributed by atoms with van der Waals surface area (Å²) in [7, 11) is 1.51. The number of hydrogen-bond donors (Lipinski definition) is 0. The molecule has 0 N–H and O–H groups in total. The standard InChI is InChI=1S/C15H23NO2/c1-14(2,3)11-8-10(16-18-7)9-12(13(11)17)15(4,5)6/h8-9H,1-7H3. The second-order valence-electron chi connectivity index (χ2n) is 6.64. The molecule has 0 aromatic carbocycles. The maximum atomic E-state index is 12.5. The maximum absolute atomic E-state index is 12.5. The first-order chi connectivity index (χ1) is 8.07. The zero-order valence-electron chi connectivity index (χ0n) is 12.4. The first-order valence-electron chi connectivity index (χ1n) is 6.17. The Kier molecular flexibility index (Phi) is 3.84. The van der Waals surface area contributed by atoms with Crippen LogP contribution in [0.15, 0.2) is 28.5 Å². The van der Waals surface area contributed by atoms with Gasteiger partial charge in [-0.1, -0.05) is 46.7 Å². The average molecular weight is 249 g/mol. The van der Waals surface area contributed by atoms with Crippen molar-refractivity contribution in [3.05, 3.63) is 23.3 Å². The van der Waals surface area contributed by atoms with Crippen LogP contribution in [0.25, 0.3) is 0 Å². The lowest BCUT2D eigenvalue weighted by Crippen LogP contribution is -2.29. The van der Waals surface area contributed by atoms with Gasteiger partial charge in [0.25, 0.3) is 0 Å². The summed E-state index contributed by atoms with van der Waals surface area (Å²) in [5.41, 5.74) is 1.87. The average Bonchev–Trinajstić information content (AvgIpc) is 2.17. The molecule has 0 fully saturated rings. The van der Waals surface area contributed by atoms with Crippen LogP contribution in [0.2, 0.25) is 0 Å². The minimum absolute atomic E-state index is 0.116. The molecule has 3 heteroatoms. The van der Waals surface area contributed by atoms with E-state index >= 15 is 0 Å². The van der Waals surface area contributed by atoms with E-state index in [2.05, 4.69) is 5.16 Å². The fourth-order valence-electron chi connectivity index (χ4n) is 1.89. The van der Waals surface area contributed by atoms with Gasteiger partial charge in [0, 0.05) is 11.1 Å². The van der Waals surface area contributed by atoms with Crippen molar-refractivity contribution in [1.29, 1.82) is 0 Å². The van der Waals surface area contributed by atoms with Crippen molar-refractivity contribution in [1.82, 2.24) is 0 Å². The van der Waals surface area contributed by atoms with Crippen molar-refractivity contribution in [3.63, 3.8) is 0 Å². The molecule has 0 aromatic rings. The van der Waals surface area contributed by atoms with E-state index in [0.717, 1.165) is 11.1 Å². The summed E-state index contributed by atoms with van der Waals surface area (Å²) in [4.78, 5) is 17.4. The molecule has 0 aliphatic heterocycles. The van der Waals surface area contributed by atoms with E-state index in [1.165, 1.54) is 7.11 Å². The van der Waals surface area contributed by atoms with Crippen molar-refractivity contribution < 1.29 is 9.63 Å². The van der Waals surface area contributed by atoms with Crippen LogP contribution < -0.4 is 0 Å². The summed E-state index contributed by atoms with van der Waals surface area (Å²) in [6.45, 7) is 12.2. The first-order valence-corrected chi connectivity index (χ1v) is 6.17. The Labute approximate surface area is 110 Å². The molecule has 1 aliphatic carbocycles. The second kappa shape index (κ2) is 4.71. The van der Waals surface area contributed by atoms with Crippen LogP contribution >= 0.6 is 0 Å². The molecule has 0 spiro atoms. The van der Waals surface area contributed by atoms with Gasteiger partial charge in [-0.3, -0.25) is 4.79 Å². The number of ketones is 1. The molecule has 0 atom stereocenters. The van der Waals surface area contributed by atoms with Crippen LogP contribution in [-0.4, -0.2) is 18.6 Å². The van der Waals surface area contributed by atoms with E-state index in [9.17, 15) is 4.79 Å². The Morgan fingerprint density at radius 2 is 1.33 bits per heavy atom. The fraction of sp³-hybridized carbons (Fsp3) is 0.600. The van der Waals surface area contributed by atoms with Crippen molar-refractivity contribution in [2.75, 3.05) is 7.11 Å². The third-order valence-corrected chi connectivity index (χ3v) is 2.89. The molecule has 1 aliphatic rings. The second-order valence-corrected chi connectivity index (χ2v) is 6.64. The Balaban J connectivity index is 3.35. The summed E-state index contributed by atoms with van der Waals surface area (Å²) in [5.74, 6) is 0.116. The predicted molar refractivity (Wildman–Crippen MR) is 74.5 cm³/mol. The van der Waals surface area contributed by atoms with E-state index in [-0.39, 0.29) is 16.6 Å². The topological polar surface area (TPSA) is 38.7 Å². The molecule has 0 heterocycles. The van der Waals surface area contributed by atoms with Crippen LogP contribution in [0, 0.1) is 10.8 Å². The lowest BCUT2D eigenvalue weighted by molar-refractivity contribution is -0.114. The number of nitrogens with zero attached hydrogens (tertiary/aromatic N) is 1. The number of carbonyl (C=O) groups is 1. The van der Waals surface area contributed by atoms with Crippen LogP contribution in [0.5, 0.6) is 0 Å². The van der Waals surface area contributed by atoms with E-state index in [1.54, 1.807) is 0 Å². The summed E-state index contributed by atoms with van der Waals surface area (Å²) >= 11 is 0. The third-order valence-electron chi connectivity index (χ3n) is 2.89. The molecule has 0 saturated carbocycles. The van der Waals surface area contributed by atoms with Crippen molar-refractivity contribution in [2.24, 2.45) is 16.0 Å². The van der Waals surface area contributed by atoms with Gasteiger partial charge in [0.15, 0.2) is 5.78 Å². The van der Waals surface area contributed by atoms with Crippen LogP contribution in [0.4, 0.5) is 0 Å². The number of hydrogen-bond acceptors (Lipinski definition) is 3. The van der Waals surface area contributed by atoms with Crippen molar-refractivity contribution >= 4 is 11.5 Å². The summed E-state index contributed by atoms with van der Waals surface area (Å²) < 4.78 is 0. The van der Waals surface area contributed by atoms with Gasteiger partial charge in [-0.05, 0) is 23.0 Å². The van der Waals surface area contributed by atoms with Crippen molar-refractivity contribution in [2.45, 2.75) is 41.5 Å². The molecule has 1 rings (SSSR count). The normalized spacial score (nSPS) is 17.3. The van der Waals surface area contributed by atoms with Gasteiger partial charge in [0.05, 0.1) is 0 Å². The van der Waals surface area contributed by atoms with E-state index in [1.807, 2.05) is 53.7 Å². The van der Waals surface area contributed by atoms with Crippen LogP contribution in [0.3, 0.4) is 0 Å². The number of Topliss-reactive ketones (excluding diaryl/α,β-unsaturated/α-hetero) is 1. The molecule has 0 bridgehead atoms. The number of carbonyl (C=O) groups excluding carboxylic acids is 1. The Morgan fingerprint density at radius 1 is 0.944 bits per heavy atom. The molecular weight excluding hydrogens is 226 g/mol. The molecule has 100 valence electrons. The zero-order chi connectivity index (χ0) is 14.1. The quantitative estimate of drug-likeness (QED) is 0.527. The van der Waals surface area contributed by atoms with Crippen LogP contribution in [0.1, 0.15) is 41.5 Å². The lowest BCUT2D eigenvalue weighted by atomic mass is 9.72. The molecule has 0 saturated heterocycles. The van der Waals surface area contributed by atoms with E-state index in [4.69, 9.17) is 4.84 Å². The molecule has 18 heavy (non-hydrogen) atoms. The van der Waals surface area contributed by atoms with Gasteiger partial charge in [-0.2, -0.15) is 0 Å². The molecule has 0 amide bonds. The van der Waals surface area contributed by atoms with Gasteiger partial charge in [0.1, 0.15) is 12.8 Å². The third kappa shape index (κ3) is 3.09. The largest absolute Gasteiger partial charge is 0.399 e. The highest BCUT2D eigenvalue weighted by molar-refractivity contribution is 6.22. The van der Waals surface area contributed by atoms with Gasteiger partial charge < -0.3 is 4.84 Å². The van der Waals surface area contributed by atoms with E-state index in [0.29, 0.717) is 5.71 Å².